The molecule has 2 aromatic carbocycles. The van der Waals surface area contributed by atoms with E-state index in [1.54, 1.807) is 6.33 Å². The minimum absolute atomic E-state index is 0.0731. The smallest absolute Gasteiger partial charge is 0.137 e. The van der Waals surface area contributed by atoms with Crippen LogP contribution in [0.2, 0.25) is 0 Å². The van der Waals surface area contributed by atoms with Crippen LogP contribution in [0.1, 0.15) is 22.7 Å². The molecule has 24 heavy (non-hydrogen) atoms. The molecule has 0 saturated heterocycles. The van der Waals surface area contributed by atoms with Crippen LogP contribution in [0.4, 0.5) is 5.69 Å². The minimum Gasteiger partial charge on any atom is -0.374 e. The van der Waals surface area contributed by atoms with Crippen LogP contribution in [0.25, 0.3) is 16.8 Å². The lowest BCUT2D eigenvalue weighted by Gasteiger charge is -2.19. The van der Waals surface area contributed by atoms with E-state index in [0.717, 1.165) is 22.5 Å². The van der Waals surface area contributed by atoms with Crippen molar-refractivity contribution in [1.29, 1.82) is 0 Å². The molecule has 0 aliphatic carbocycles. The molecule has 1 unspecified atom stereocenters. The Morgan fingerprint density at radius 3 is 2.71 bits per heavy atom. The summed E-state index contributed by atoms with van der Waals surface area (Å²) in [5.41, 5.74) is 7.95. The summed E-state index contributed by atoms with van der Waals surface area (Å²) in [5, 5.41) is 8.09. The maximum Gasteiger partial charge on any atom is 0.137 e. The molecule has 0 saturated carbocycles. The number of nitrogens with one attached hydrogen (secondary N) is 1. The van der Waals surface area contributed by atoms with Crippen molar-refractivity contribution < 1.29 is 0 Å². The third kappa shape index (κ3) is 1.86. The van der Waals surface area contributed by atoms with E-state index in [1.165, 1.54) is 16.7 Å². The summed E-state index contributed by atoms with van der Waals surface area (Å²) >= 11 is 0. The molecule has 1 atom stereocenters. The fourth-order valence-corrected chi connectivity index (χ4v) is 3.48. The molecule has 3 heterocycles. The molecule has 4 aromatic rings. The molecule has 0 spiro atoms. The summed E-state index contributed by atoms with van der Waals surface area (Å²) in [4.78, 5) is 4.58. The maximum atomic E-state index is 4.58. The Morgan fingerprint density at radius 2 is 1.83 bits per heavy atom. The van der Waals surface area contributed by atoms with Crippen molar-refractivity contribution in [3.05, 3.63) is 83.8 Å². The van der Waals surface area contributed by atoms with E-state index in [-0.39, 0.29) is 6.04 Å². The second kappa shape index (κ2) is 4.93. The SMILES string of the molecule is Cc1ccc(C2Nc3ccccc3-c3ncnn4ccc2c34)cc1. The molecule has 0 bridgehead atoms. The lowest BCUT2D eigenvalue weighted by molar-refractivity contribution is 0.899. The molecular formula is C20H16N4. The Kier molecular flexibility index (Phi) is 2.73. The van der Waals surface area contributed by atoms with E-state index in [9.17, 15) is 0 Å². The molecule has 0 radical (unpaired) electrons. The number of aromatic nitrogens is 3. The molecular weight excluding hydrogens is 296 g/mol. The number of fused-ring (bicyclic) bond motifs is 2. The van der Waals surface area contributed by atoms with E-state index in [2.05, 4.69) is 70.9 Å². The van der Waals surface area contributed by atoms with Gasteiger partial charge >= 0.3 is 0 Å². The zero-order chi connectivity index (χ0) is 16.1. The van der Waals surface area contributed by atoms with Crippen LogP contribution >= 0.6 is 0 Å². The third-order valence-corrected chi connectivity index (χ3v) is 4.69. The number of hydrogen-bond donors (Lipinski definition) is 1. The lowest BCUT2D eigenvalue weighted by Crippen LogP contribution is -2.11. The summed E-state index contributed by atoms with van der Waals surface area (Å²) in [6, 6.07) is 19.2. The highest BCUT2D eigenvalue weighted by Crippen LogP contribution is 2.40. The maximum absolute atomic E-state index is 4.58. The molecule has 1 aliphatic rings. The Morgan fingerprint density at radius 1 is 1.00 bits per heavy atom. The first kappa shape index (κ1) is 13.3. The minimum atomic E-state index is 0.0731. The number of benzene rings is 2. The molecule has 4 nitrogen and oxygen atoms in total. The van der Waals surface area contributed by atoms with Crippen molar-refractivity contribution in [3.63, 3.8) is 0 Å². The van der Waals surface area contributed by atoms with Crippen molar-refractivity contribution in [2.75, 3.05) is 5.32 Å². The monoisotopic (exact) mass is 312 g/mol. The standard InChI is InChI=1S/C20H16N4/c1-13-6-8-14(9-7-13)18-16-10-11-24-20(16)19(21-12-22-24)15-4-2-3-5-17(15)23-18/h2-12,18,23H,1H3. The number of aryl methyl sites for hydroxylation is 1. The molecule has 2 aromatic heterocycles. The number of nitrogens with zero attached hydrogens (tertiary/aromatic N) is 3. The summed E-state index contributed by atoms with van der Waals surface area (Å²) in [7, 11) is 0. The zero-order valence-electron chi connectivity index (χ0n) is 13.3. The average Bonchev–Trinajstić information content (AvgIpc) is 2.98. The lowest BCUT2D eigenvalue weighted by atomic mass is 9.99. The van der Waals surface area contributed by atoms with Gasteiger partial charge in [0.25, 0.3) is 0 Å². The Balaban J connectivity index is 1.83. The zero-order valence-corrected chi connectivity index (χ0v) is 13.3. The number of anilines is 1. The van der Waals surface area contributed by atoms with Crippen molar-refractivity contribution in [2.24, 2.45) is 0 Å². The van der Waals surface area contributed by atoms with Crippen LogP contribution < -0.4 is 5.32 Å². The first-order valence-corrected chi connectivity index (χ1v) is 8.06. The summed E-state index contributed by atoms with van der Waals surface area (Å²) in [6.07, 6.45) is 3.63. The van der Waals surface area contributed by atoms with Crippen LogP contribution in [0.15, 0.2) is 67.1 Å². The van der Waals surface area contributed by atoms with Gasteiger partial charge in [0, 0.05) is 23.0 Å². The number of para-hydroxylation sites is 1. The van der Waals surface area contributed by atoms with Gasteiger partial charge in [0.05, 0.1) is 11.6 Å². The summed E-state index contributed by atoms with van der Waals surface area (Å²) in [5.74, 6) is 0. The van der Waals surface area contributed by atoms with Crippen molar-refractivity contribution >= 4 is 11.2 Å². The fourth-order valence-electron chi connectivity index (χ4n) is 3.48. The van der Waals surface area contributed by atoms with Gasteiger partial charge in [0.1, 0.15) is 12.0 Å². The van der Waals surface area contributed by atoms with Gasteiger partial charge in [-0.15, -0.1) is 0 Å². The van der Waals surface area contributed by atoms with E-state index >= 15 is 0 Å². The second-order valence-electron chi connectivity index (χ2n) is 6.21. The topological polar surface area (TPSA) is 42.2 Å². The predicted octanol–water partition coefficient (Wildman–Crippen LogP) is 4.22. The summed E-state index contributed by atoms with van der Waals surface area (Å²) < 4.78 is 1.92. The van der Waals surface area contributed by atoms with E-state index in [4.69, 9.17) is 0 Å². The molecule has 1 N–H and O–H groups in total. The van der Waals surface area contributed by atoms with Gasteiger partial charge in [-0.25, -0.2) is 9.50 Å². The van der Waals surface area contributed by atoms with Gasteiger partial charge in [-0.3, -0.25) is 0 Å². The second-order valence-corrected chi connectivity index (χ2v) is 6.21. The van der Waals surface area contributed by atoms with Crippen LogP contribution in [0, 0.1) is 6.92 Å². The third-order valence-electron chi connectivity index (χ3n) is 4.69. The normalized spacial score (nSPS) is 15.6. The van der Waals surface area contributed by atoms with Crippen LogP contribution in [-0.2, 0) is 0 Å². The molecule has 116 valence electrons. The fraction of sp³-hybridized carbons (Fsp3) is 0.100. The predicted molar refractivity (Wildman–Crippen MR) is 95.1 cm³/mol. The molecule has 0 amide bonds. The Hall–Kier alpha value is -3.14. The average molecular weight is 312 g/mol. The van der Waals surface area contributed by atoms with E-state index in [1.807, 2.05) is 16.8 Å². The van der Waals surface area contributed by atoms with Gasteiger partial charge < -0.3 is 5.32 Å². The Labute approximate surface area is 139 Å². The highest BCUT2D eigenvalue weighted by Gasteiger charge is 2.26. The highest BCUT2D eigenvalue weighted by atomic mass is 15.2. The van der Waals surface area contributed by atoms with Crippen molar-refractivity contribution in [3.8, 4) is 11.3 Å². The van der Waals surface area contributed by atoms with Gasteiger partial charge in [-0.2, -0.15) is 5.10 Å². The first-order chi connectivity index (χ1) is 11.8. The molecule has 4 heteroatoms. The van der Waals surface area contributed by atoms with Crippen LogP contribution in [0.5, 0.6) is 0 Å². The number of rotatable bonds is 1. The number of hydrogen-bond acceptors (Lipinski definition) is 3. The van der Waals surface area contributed by atoms with Gasteiger partial charge in [-0.1, -0.05) is 48.0 Å². The van der Waals surface area contributed by atoms with Gasteiger partial charge in [0.2, 0.25) is 0 Å². The molecule has 1 aliphatic heterocycles. The molecule has 0 fully saturated rings. The first-order valence-electron chi connectivity index (χ1n) is 8.06. The van der Waals surface area contributed by atoms with E-state index in [0.29, 0.717) is 0 Å². The van der Waals surface area contributed by atoms with Crippen molar-refractivity contribution in [1.82, 2.24) is 14.6 Å². The highest BCUT2D eigenvalue weighted by molar-refractivity contribution is 5.89. The van der Waals surface area contributed by atoms with Crippen LogP contribution in [0.3, 0.4) is 0 Å². The summed E-state index contributed by atoms with van der Waals surface area (Å²) in [6.45, 7) is 2.11. The quantitative estimate of drug-likeness (QED) is 0.572. The Bertz CT molecular complexity index is 1050. The van der Waals surface area contributed by atoms with Gasteiger partial charge in [0.15, 0.2) is 0 Å². The van der Waals surface area contributed by atoms with Crippen molar-refractivity contribution in [2.45, 2.75) is 13.0 Å². The van der Waals surface area contributed by atoms with Gasteiger partial charge in [-0.05, 0) is 24.6 Å². The van der Waals surface area contributed by atoms with Crippen LogP contribution in [-0.4, -0.2) is 14.6 Å². The van der Waals surface area contributed by atoms with E-state index < -0.39 is 0 Å². The largest absolute Gasteiger partial charge is 0.374 e. The molecule has 5 rings (SSSR count).